The van der Waals surface area contributed by atoms with E-state index in [-0.39, 0.29) is 18.2 Å². The molecule has 1 aromatic rings. The van der Waals surface area contributed by atoms with Crippen molar-refractivity contribution in [3.05, 3.63) is 46.0 Å². The molecule has 3 rings (SSSR count). The lowest BCUT2D eigenvalue weighted by Crippen LogP contribution is -2.49. The number of hydrogen-bond acceptors (Lipinski definition) is 5. The molecular formula is C20H18BrN3O2. The van der Waals surface area contributed by atoms with Gasteiger partial charge in [0.05, 0.1) is 24.5 Å². The van der Waals surface area contributed by atoms with Gasteiger partial charge in [-0.1, -0.05) is 34.1 Å². The van der Waals surface area contributed by atoms with E-state index < -0.39 is 23.2 Å². The van der Waals surface area contributed by atoms with Gasteiger partial charge in [0.25, 0.3) is 0 Å². The lowest BCUT2D eigenvalue weighted by Gasteiger charge is -2.38. The second-order valence-corrected chi connectivity index (χ2v) is 7.50. The van der Waals surface area contributed by atoms with Crippen molar-refractivity contribution >= 4 is 27.6 Å². The highest BCUT2D eigenvalue weighted by molar-refractivity contribution is 9.10. The molecule has 0 aromatic heterocycles. The predicted octanol–water partition coefficient (Wildman–Crippen LogP) is 4.12. The average molecular weight is 412 g/mol. The third-order valence-corrected chi connectivity index (χ3v) is 5.58. The molecule has 0 spiro atoms. The van der Waals surface area contributed by atoms with Gasteiger partial charge >= 0.3 is 5.97 Å². The zero-order valence-electron chi connectivity index (χ0n) is 14.3. The first-order valence-corrected chi connectivity index (χ1v) is 9.33. The number of carbonyl (C=O) groups is 1. The second-order valence-electron chi connectivity index (χ2n) is 6.59. The van der Waals surface area contributed by atoms with E-state index in [1.165, 1.54) is 0 Å². The molecular weight excluding hydrogens is 394 g/mol. The molecule has 132 valence electrons. The maximum atomic E-state index is 12.8. The van der Waals surface area contributed by atoms with Gasteiger partial charge in [-0.2, -0.15) is 10.5 Å². The first kappa shape index (κ1) is 18.4. The lowest BCUT2D eigenvalue weighted by atomic mass is 9.60. The van der Waals surface area contributed by atoms with Crippen LogP contribution in [0.2, 0.25) is 0 Å². The zero-order valence-corrected chi connectivity index (χ0v) is 15.9. The molecule has 1 N–H and O–H groups in total. The summed E-state index contributed by atoms with van der Waals surface area (Å²) in [4.78, 5) is 12.8. The third-order valence-electron chi connectivity index (χ3n) is 5.05. The number of rotatable bonds is 4. The van der Waals surface area contributed by atoms with E-state index in [4.69, 9.17) is 10.1 Å². The fourth-order valence-electron chi connectivity index (χ4n) is 3.58. The molecule has 2 aliphatic carbocycles. The van der Waals surface area contributed by atoms with E-state index in [1.54, 1.807) is 6.92 Å². The largest absolute Gasteiger partial charge is 0.464 e. The molecule has 0 saturated heterocycles. The Morgan fingerprint density at radius 3 is 2.50 bits per heavy atom. The van der Waals surface area contributed by atoms with E-state index in [9.17, 15) is 15.3 Å². The molecule has 0 heterocycles. The molecule has 1 fully saturated rings. The maximum absolute atomic E-state index is 12.8. The summed E-state index contributed by atoms with van der Waals surface area (Å²) in [6.07, 6.45) is 3.82. The van der Waals surface area contributed by atoms with E-state index >= 15 is 0 Å². The Bertz CT molecular complexity index is 859. The van der Waals surface area contributed by atoms with Gasteiger partial charge in [-0.15, -0.1) is 0 Å². The number of nitriles is 2. The molecule has 1 aromatic carbocycles. The van der Waals surface area contributed by atoms with Crippen LogP contribution in [0.15, 0.2) is 40.4 Å². The summed E-state index contributed by atoms with van der Waals surface area (Å²) < 4.78 is 6.06. The van der Waals surface area contributed by atoms with Crippen LogP contribution in [0.3, 0.4) is 0 Å². The molecule has 0 aliphatic heterocycles. The van der Waals surface area contributed by atoms with Crippen molar-refractivity contribution in [3.8, 4) is 12.1 Å². The number of halogens is 1. The van der Waals surface area contributed by atoms with Crippen LogP contribution in [0.4, 0.5) is 0 Å². The summed E-state index contributed by atoms with van der Waals surface area (Å²) in [5, 5.41) is 28.3. The molecule has 3 atom stereocenters. The number of nitrogens with zero attached hydrogens (tertiary/aromatic N) is 2. The Kier molecular flexibility index (Phi) is 4.98. The molecule has 2 aliphatic rings. The number of nitrogens with one attached hydrogen (secondary N) is 1. The summed E-state index contributed by atoms with van der Waals surface area (Å²) in [6.45, 7) is 1.77. The van der Waals surface area contributed by atoms with Gasteiger partial charge in [0.1, 0.15) is 5.92 Å². The van der Waals surface area contributed by atoms with Crippen LogP contribution in [-0.4, -0.2) is 18.3 Å². The Hall–Kier alpha value is -2.44. The van der Waals surface area contributed by atoms with Gasteiger partial charge in [-0.3, -0.25) is 0 Å². The van der Waals surface area contributed by atoms with Gasteiger partial charge in [0, 0.05) is 10.4 Å². The number of esters is 1. The summed E-state index contributed by atoms with van der Waals surface area (Å²) in [5.41, 5.74) is -0.372. The second kappa shape index (κ2) is 7.05. The topological polar surface area (TPSA) is 97.7 Å². The number of carbonyl (C=O) groups excluding carboxylic acids is 1. The van der Waals surface area contributed by atoms with Crippen LogP contribution in [-0.2, 0) is 9.53 Å². The van der Waals surface area contributed by atoms with Crippen LogP contribution in [0.5, 0.6) is 0 Å². The minimum atomic E-state index is -1.82. The van der Waals surface area contributed by atoms with Crippen LogP contribution in [0, 0.1) is 45.3 Å². The smallest absolute Gasteiger partial charge is 0.333 e. The predicted molar refractivity (Wildman–Crippen MR) is 99.2 cm³/mol. The molecule has 0 amide bonds. The Morgan fingerprint density at radius 1 is 1.35 bits per heavy atom. The molecule has 0 unspecified atom stereocenters. The quantitative estimate of drug-likeness (QED) is 0.594. The number of benzene rings is 1. The third kappa shape index (κ3) is 2.85. The first-order valence-electron chi connectivity index (χ1n) is 8.53. The minimum Gasteiger partial charge on any atom is -0.464 e. The van der Waals surface area contributed by atoms with E-state index in [1.807, 2.05) is 30.3 Å². The van der Waals surface area contributed by atoms with Crippen molar-refractivity contribution in [1.82, 2.24) is 0 Å². The maximum Gasteiger partial charge on any atom is 0.333 e. The van der Waals surface area contributed by atoms with Gasteiger partial charge < -0.3 is 10.1 Å². The molecule has 5 nitrogen and oxygen atoms in total. The highest BCUT2D eigenvalue weighted by atomic mass is 79.9. The number of ether oxygens (including phenoxy) is 1. The van der Waals surface area contributed by atoms with Crippen LogP contribution >= 0.6 is 15.9 Å². The monoisotopic (exact) mass is 411 g/mol. The van der Waals surface area contributed by atoms with Gasteiger partial charge in [-0.05, 0) is 49.0 Å². The van der Waals surface area contributed by atoms with E-state index in [2.05, 4.69) is 28.1 Å². The van der Waals surface area contributed by atoms with Crippen LogP contribution < -0.4 is 0 Å². The normalized spacial score (nSPS) is 27.8. The molecule has 1 saturated carbocycles. The minimum absolute atomic E-state index is 0.110. The average Bonchev–Trinajstić information content (AvgIpc) is 3.47. The first-order chi connectivity index (χ1) is 12.5. The van der Waals surface area contributed by atoms with Crippen LogP contribution in [0.25, 0.3) is 0 Å². The summed E-state index contributed by atoms with van der Waals surface area (Å²) in [5.74, 6) is -1.99. The van der Waals surface area contributed by atoms with Crippen molar-refractivity contribution in [2.24, 2.45) is 17.3 Å². The van der Waals surface area contributed by atoms with Crippen molar-refractivity contribution in [3.63, 3.8) is 0 Å². The van der Waals surface area contributed by atoms with Gasteiger partial charge in [0.15, 0.2) is 0 Å². The molecule has 0 bridgehead atoms. The molecule has 26 heavy (non-hydrogen) atoms. The Balaban J connectivity index is 2.22. The molecule has 6 heteroatoms. The van der Waals surface area contributed by atoms with Crippen molar-refractivity contribution in [1.29, 1.82) is 15.9 Å². The Morgan fingerprint density at radius 2 is 2.00 bits per heavy atom. The van der Waals surface area contributed by atoms with Crippen LogP contribution in [0.1, 0.15) is 31.2 Å². The van der Waals surface area contributed by atoms with Crippen molar-refractivity contribution in [2.75, 3.05) is 6.61 Å². The van der Waals surface area contributed by atoms with Crippen molar-refractivity contribution in [2.45, 2.75) is 25.7 Å². The highest BCUT2D eigenvalue weighted by Gasteiger charge is 2.57. The van der Waals surface area contributed by atoms with Crippen molar-refractivity contribution < 1.29 is 9.53 Å². The lowest BCUT2D eigenvalue weighted by molar-refractivity contribution is -0.149. The fourth-order valence-corrected chi connectivity index (χ4v) is 3.84. The SMILES string of the molecule is CCOC(=O)[C@]1(C#N)C(=N)[C@H](C#N)C(C2CC2)=C[C@@H]1c1ccc(Br)cc1. The standard InChI is InChI=1S/C20H18BrN3O2/c1-2-26-19(25)20(11-23)17(13-5-7-14(21)8-6-13)9-15(12-3-4-12)16(10-22)18(20)24/h5-9,12,16-17,24H,2-4H2,1H3/t16-,17-,20+/m1/s1. The Labute approximate surface area is 160 Å². The van der Waals surface area contributed by atoms with Gasteiger partial charge in [-0.25, -0.2) is 4.79 Å². The van der Waals surface area contributed by atoms with E-state index in [0.717, 1.165) is 28.5 Å². The fraction of sp³-hybridized carbons (Fsp3) is 0.400. The molecule has 0 radical (unpaired) electrons. The number of allylic oxidation sites excluding steroid dienone is 2. The zero-order chi connectivity index (χ0) is 18.9. The summed E-state index contributed by atoms with van der Waals surface area (Å²) >= 11 is 3.39. The van der Waals surface area contributed by atoms with Gasteiger partial charge in [0.2, 0.25) is 5.41 Å². The number of hydrogen-bond donors (Lipinski definition) is 1. The summed E-state index contributed by atoms with van der Waals surface area (Å²) in [6, 6.07) is 11.5. The summed E-state index contributed by atoms with van der Waals surface area (Å²) in [7, 11) is 0. The highest BCUT2D eigenvalue weighted by Crippen LogP contribution is 2.52. The van der Waals surface area contributed by atoms with E-state index in [0.29, 0.717) is 0 Å².